The van der Waals surface area contributed by atoms with Gasteiger partial charge in [0.25, 0.3) is 0 Å². The summed E-state index contributed by atoms with van der Waals surface area (Å²) < 4.78 is 5.42. The van der Waals surface area contributed by atoms with Crippen LogP contribution >= 0.6 is 0 Å². The maximum Gasteiger partial charge on any atom is 0.247 e. The van der Waals surface area contributed by atoms with Crippen molar-refractivity contribution in [3.05, 3.63) is 59.7 Å². The van der Waals surface area contributed by atoms with E-state index in [-0.39, 0.29) is 11.8 Å². The number of imide groups is 1. The Balaban J connectivity index is 1.82. The number of rotatable bonds is 4. The number of hydrogen-bond donors (Lipinski definition) is 0. The van der Waals surface area contributed by atoms with Gasteiger partial charge in [-0.15, -0.1) is 0 Å². The number of ether oxygens (including phenoxy) is 1. The summed E-state index contributed by atoms with van der Waals surface area (Å²) in [4.78, 5) is 46.5. The molecule has 180 valence electrons. The Bertz CT molecular complexity index is 1070. The van der Waals surface area contributed by atoms with Crippen molar-refractivity contribution in [2.45, 2.75) is 26.7 Å². The molecule has 0 aromatic heterocycles. The van der Waals surface area contributed by atoms with Crippen molar-refractivity contribution in [3.63, 3.8) is 0 Å². The summed E-state index contributed by atoms with van der Waals surface area (Å²) in [5.41, 5.74) is 2.36. The van der Waals surface area contributed by atoms with Crippen molar-refractivity contribution in [2.75, 3.05) is 50.2 Å². The summed E-state index contributed by atoms with van der Waals surface area (Å²) in [6.45, 7) is 7.39. The molecular weight excluding hydrogens is 430 g/mol. The van der Waals surface area contributed by atoms with Crippen LogP contribution in [0.1, 0.15) is 30.9 Å². The smallest absolute Gasteiger partial charge is 0.247 e. The van der Waals surface area contributed by atoms with Crippen LogP contribution in [0.4, 0.5) is 11.4 Å². The van der Waals surface area contributed by atoms with E-state index in [1.54, 1.807) is 17.0 Å². The number of carbonyl (C=O) groups is 3. The topological polar surface area (TPSA) is 70.2 Å². The molecule has 2 fully saturated rings. The van der Waals surface area contributed by atoms with Crippen LogP contribution in [0.2, 0.25) is 0 Å². The Hall–Kier alpha value is -3.19. The van der Waals surface area contributed by atoms with Gasteiger partial charge in [-0.25, -0.2) is 4.90 Å². The van der Waals surface area contributed by atoms with Crippen molar-refractivity contribution < 1.29 is 19.1 Å². The summed E-state index contributed by atoms with van der Waals surface area (Å²) in [6.07, 6.45) is 0. The first-order chi connectivity index (χ1) is 16.1. The lowest BCUT2D eigenvalue weighted by molar-refractivity contribution is -0.152. The zero-order valence-corrected chi connectivity index (χ0v) is 20.6. The molecule has 2 saturated heterocycles. The van der Waals surface area contributed by atoms with E-state index in [1.807, 2.05) is 76.2 Å². The minimum Gasteiger partial charge on any atom is -0.378 e. The average Bonchev–Trinajstić information content (AvgIpc) is 2.83. The van der Waals surface area contributed by atoms with Gasteiger partial charge in [0.2, 0.25) is 17.7 Å². The number of hydrogen-bond acceptors (Lipinski definition) is 5. The third-order valence-electron chi connectivity index (χ3n) is 7.00. The number of anilines is 2. The van der Waals surface area contributed by atoms with Crippen LogP contribution in [0.3, 0.4) is 0 Å². The first-order valence-corrected chi connectivity index (χ1v) is 11.7. The zero-order valence-electron chi connectivity index (χ0n) is 20.6. The van der Waals surface area contributed by atoms with E-state index in [2.05, 4.69) is 0 Å². The van der Waals surface area contributed by atoms with E-state index < -0.39 is 23.2 Å². The number of carbonyl (C=O) groups excluding carboxylic acids is 3. The Morgan fingerprint density at radius 1 is 0.971 bits per heavy atom. The van der Waals surface area contributed by atoms with E-state index in [9.17, 15) is 14.4 Å². The molecule has 34 heavy (non-hydrogen) atoms. The maximum absolute atomic E-state index is 14.0. The summed E-state index contributed by atoms with van der Waals surface area (Å²) in [7, 11) is 3.91. The molecule has 0 N–H and O–H groups in total. The maximum atomic E-state index is 14.0. The highest BCUT2D eigenvalue weighted by Gasteiger charge is 2.57. The fraction of sp³-hybridized carbons (Fsp3) is 0.444. The normalized spacial score (nSPS) is 22.6. The molecule has 0 saturated carbocycles. The van der Waals surface area contributed by atoms with Crippen LogP contribution in [-0.2, 0) is 19.1 Å². The highest BCUT2D eigenvalue weighted by Crippen LogP contribution is 2.48. The van der Waals surface area contributed by atoms with E-state index in [1.165, 1.54) is 4.90 Å². The van der Waals surface area contributed by atoms with Crippen LogP contribution in [0, 0.1) is 18.3 Å². The van der Waals surface area contributed by atoms with Crippen LogP contribution in [-0.4, -0.2) is 63.0 Å². The zero-order chi connectivity index (χ0) is 24.6. The Labute approximate surface area is 201 Å². The predicted octanol–water partition coefficient (Wildman–Crippen LogP) is 3.22. The van der Waals surface area contributed by atoms with E-state index in [0.29, 0.717) is 32.0 Å². The second-order valence-corrected chi connectivity index (χ2v) is 9.91. The quantitative estimate of drug-likeness (QED) is 0.514. The van der Waals surface area contributed by atoms with Crippen molar-refractivity contribution in [3.8, 4) is 0 Å². The summed E-state index contributed by atoms with van der Waals surface area (Å²) in [5.74, 6) is -2.59. The van der Waals surface area contributed by atoms with Crippen molar-refractivity contribution in [1.82, 2.24) is 4.90 Å². The van der Waals surface area contributed by atoms with Gasteiger partial charge in [0.15, 0.2) is 0 Å². The number of benzene rings is 2. The van der Waals surface area contributed by atoms with Crippen LogP contribution in [0.5, 0.6) is 0 Å². The Morgan fingerprint density at radius 2 is 1.56 bits per heavy atom. The Kier molecular flexibility index (Phi) is 6.49. The number of amides is 3. The van der Waals surface area contributed by atoms with Gasteiger partial charge in [-0.3, -0.25) is 14.4 Å². The summed E-state index contributed by atoms with van der Waals surface area (Å²) in [6, 6.07) is 15.1. The molecular formula is C27H33N3O4. The van der Waals surface area contributed by atoms with Gasteiger partial charge in [0.1, 0.15) is 5.92 Å². The van der Waals surface area contributed by atoms with Gasteiger partial charge in [-0.05, 0) is 36.8 Å². The lowest BCUT2D eigenvalue weighted by atomic mass is 9.64. The van der Waals surface area contributed by atoms with Gasteiger partial charge >= 0.3 is 0 Å². The predicted molar refractivity (Wildman–Crippen MR) is 132 cm³/mol. The molecule has 2 aromatic rings. The molecule has 7 nitrogen and oxygen atoms in total. The number of morpholine rings is 1. The molecule has 0 radical (unpaired) electrons. The van der Waals surface area contributed by atoms with Crippen LogP contribution in [0.15, 0.2) is 48.5 Å². The first kappa shape index (κ1) is 24.0. The number of aryl methyl sites for hydroxylation is 1. The largest absolute Gasteiger partial charge is 0.378 e. The Morgan fingerprint density at radius 3 is 2.12 bits per heavy atom. The molecule has 0 bridgehead atoms. The molecule has 0 spiro atoms. The minimum atomic E-state index is -1.00. The SMILES string of the molecule is Cc1ccc(N2C(=O)[C@@H](C(=O)N3CCOCC3)[C@H](c3ccc(N(C)C)cc3)C(C)(C)C2=O)cc1. The van der Waals surface area contributed by atoms with Crippen molar-refractivity contribution >= 4 is 29.1 Å². The van der Waals surface area contributed by atoms with Crippen LogP contribution in [0.25, 0.3) is 0 Å². The molecule has 0 aliphatic carbocycles. The van der Waals surface area contributed by atoms with Crippen molar-refractivity contribution in [1.29, 1.82) is 0 Å². The fourth-order valence-corrected chi connectivity index (χ4v) is 4.98. The molecule has 7 heteroatoms. The van der Waals surface area contributed by atoms with Gasteiger partial charge < -0.3 is 14.5 Å². The fourth-order valence-electron chi connectivity index (χ4n) is 4.98. The van der Waals surface area contributed by atoms with Gasteiger partial charge in [-0.1, -0.05) is 43.7 Å². The van der Waals surface area contributed by atoms with Crippen LogP contribution < -0.4 is 9.80 Å². The summed E-state index contributed by atoms with van der Waals surface area (Å²) in [5, 5.41) is 0. The molecule has 0 unspecified atom stereocenters. The lowest BCUT2D eigenvalue weighted by Crippen LogP contribution is -2.61. The first-order valence-electron chi connectivity index (χ1n) is 11.7. The lowest BCUT2D eigenvalue weighted by Gasteiger charge is -2.47. The van der Waals surface area contributed by atoms with E-state index >= 15 is 0 Å². The van der Waals surface area contributed by atoms with E-state index in [4.69, 9.17) is 4.74 Å². The minimum absolute atomic E-state index is 0.243. The highest BCUT2D eigenvalue weighted by atomic mass is 16.5. The molecule has 4 rings (SSSR count). The standard InChI is InChI=1S/C27H33N3O4/c1-18-6-10-21(11-7-18)30-25(32)22(24(31)29-14-16-34-17-15-29)23(27(2,3)26(30)33)19-8-12-20(13-9-19)28(4)5/h6-13,22-23H,14-17H2,1-5H3/t22-,23+/m1/s1. The highest BCUT2D eigenvalue weighted by molar-refractivity contribution is 6.24. The van der Waals surface area contributed by atoms with E-state index in [0.717, 1.165) is 16.8 Å². The molecule has 2 atom stereocenters. The third-order valence-corrected chi connectivity index (χ3v) is 7.00. The number of nitrogens with zero attached hydrogens (tertiary/aromatic N) is 3. The number of piperidine rings is 1. The third kappa shape index (κ3) is 4.20. The van der Waals surface area contributed by atoms with Crippen molar-refractivity contribution in [2.24, 2.45) is 11.3 Å². The monoisotopic (exact) mass is 463 g/mol. The molecule has 2 aromatic carbocycles. The van der Waals surface area contributed by atoms with Gasteiger partial charge in [0, 0.05) is 38.8 Å². The molecule has 2 aliphatic rings. The average molecular weight is 464 g/mol. The molecule has 3 amide bonds. The molecule has 2 heterocycles. The summed E-state index contributed by atoms with van der Waals surface area (Å²) >= 11 is 0. The molecule has 2 aliphatic heterocycles. The second kappa shape index (κ2) is 9.22. The second-order valence-electron chi connectivity index (χ2n) is 9.91. The van der Waals surface area contributed by atoms with Gasteiger partial charge in [0.05, 0.1) is 24.3 Å². The van der Waals surface area contributed by atoms with Gasteiger partial charge in [-0.2, -0.15) is 0 Å².